The van der Waals surface area contributed by atoms with E-state index in [1.165, 1.54) is 0 Å². The van der Waals surface area contributed by atoms with E-state index in [-0.39, 0.29) is 17.6 Å². The van der Waals surface area contributed by atoms with Gasteiger partial charge in [0.15, 0.2) is 5.78 Å². The Morgan fingerprint density at radius 2 is 2.24 bits per heavy atom. The zero-order valence-corrected chi connectivity index (χ0v) is 12.2. The second-order valence-corrected chi connectivity index (χ2v) is 5.40. The molecular weight excluding hydrogens is 270 g/mol. The van der Waals surface area contributed by atoms with Crippen LogP contribution in [0.2, 0.25) is 0 Å². The molecule has 0 saturated carbocycles. The van der Waals surface area contributed by atoms with Crippen molar-refractivity contribution in [1.82, 2.24) is 5.48 Å². The van der Waals surface area contributed by atoms with Crippen LogP contribution in [0.5, 0.6) is 5.75 Å². The summed E-state index contributed by atoms with van der Waals surface area (Å²) >= 11 is 0. The van der Waals surface area contributed by atoms with Crippen molar-refractivity contribution in [3.05, 3.63) is 29.3 Å². The van der Waals surface area contributed by atoms with Crippen LogP contribution in [0.25, 0.3) is 0 Å². The average Bonchev–Trinajstić information content (AvgIpc) is 2.52. The normalized spacial score (nSPS) is 17.2. The quantitative estimate of drug-likeness (QED) is 0.480. The molecule has 114 valence electrons. The first-order valence-electron chi connectivity index (χ1n) is 7.29. The number of Topliss-reactive ketones (excluding diaryl/α,β-unsaturated/α-hetero) is 1. The highest BCUT2D eigenvalue weighted by atomic mass is 16.5. The number of hydroxylamine groups is 1. The Hall–Kier alpha value is -1.88. The topological polar surface area (TPSA) is 75.6 Å². The summed E-state index contributed by atoms with van der Waals surface area (Å²) in [4.78, 5) is 23.4. The number of unbranched alkanes of at least 4 members (excludes halogenated alkanes) is 1. The third-order valence-corrected chi connectivity index (χ3v) is 4.05. The lowest BCUT2D eigenvalue weighted by atomic mass is 9.80. The number of fused-ring (bicyclic) bond motifs is 1. The summed E-state index contributed by atoms with van der Waals surface area (Å²) in [5.41, 5.74) is 3.49. The number of rotatable bonds is 6. The van der Waals surface area contributed by atoms with E-state index in [4.69, 9.17) is 9.94 Å². The van der Waals surface area contributed by atoms with Gasteiger partial charge >= 0.3 is 0 Å². The van der Waals surface area contributed by atoms with Gasteiger partial charge in [-0.05, 0) is 43.4 Å². The summed E-state index contributed by atoms with van der Waals surface area (Å²) in [6.07, 6.45) is 4.34. The largest absolute Gasteiger partial charge is 0.497 e. The van der Waals surface area contributed by atoms with Crippen molar-refractivity contribution >= 4 is 11.7 Å². The molecule has 21 heavy (non-hydrogen) atoms. The minimum absolute atomic E-state index is 0.0294. The van der Waals surface area contributed by atoms with Crippen molar-refractivity contribution in [2.45, 2.75) is 38.5 Å². The Bertz CT molecular complexity index is 527. The second kappa shape index (κ2) is 7.22. The molecule has 0 aliphatic heterocycles. The maximum atomic E-state index is 12.5. The minimum Gasteiger partial charge on any atom is -0.497 e. The fourth-order valence-electron chi connectivity index (χ4n) is 2.82. The van der Waals surface area contributed by atoms with Crippen LogP contribution in [-0.2, 0) is 11.2 Å². The van der Waals surface area contributed by atoms with Gasteiger partial charge in [-0.3, -0.25) is 14.8 Å². The molecule has 1 amide bonds. The van der Waals surface area contributed by atoms with E-state index in [0.717, 1.165) is 36.8 Å². The molecule has 5 heteroatoms. The van der Waals surface area contributed by atoms with E-state index in [1.807, 2.05) is 18.2 Å². The molecule has 0 fully saturated rings. The van der Waals surface area contributed by atoms with Gasteiger partial charge in [-0.2, -0.15) is 0 Å². The molecule has 0 spiro atoms. The summed E-state index contributed by atoms with van der Waals surface area (Å²) in [5.74, 6) is 0.547. The van der Waals surface area contributed by atoms with Gasteiger partial charge in [0.05, 0.1) is 7.11 Å². The van der Waals surface area contributed by atoms with Gasteiger partial charge in [0.1, 0.15) is 5.75 Å². The lowest BCUT2D eigenvalue weighted by Gasteiger charge is -2.23. The maximum Gasteiger partial charge on any atom is 0.243 e. The fourth-order valence-corrected chi connectivity index (χ4v) is 2.82. The molecule has 1 aromatic rings. The van der Waals surface area contributed by atoms with Crippen LogP contribution in [0.1, 0.15) is 48.0 Å². The molecule has 1 unspecified atom stereocenters. The molecule has 5 nitrogen and oxygen atoms in total. The van der Waals surface area contributed by atoms with Gasteiger partial charge in [0.2, 0.25) is 5.91 Å². The van der Waals surface area contributed by atoms with Gasteiger partial charge in [0, 0.05) is 17.9 Å². The Labute approximate surface area is 124 Å². The summed E-state index contributed by atoms with van der Waals surface area (Å²) in [6.45, 7) is 0. The average molecular weight is 291 g/mol. The van der Waals surface area contributed by atoms with Crippen molar-refractivity contribution in [2.75, 3.05) is 7.11 Å². The predicted molar refractivity (Wildman–Crippen MR) is 77.5 cm³/mol. The highest BCUT2D eigenvalue weighted by Crippen LogP contribution is 2.31. The smallest absolute Gasteiger partial charge is 0.243 e. The Morgan fingerprint density at radius 3 is 2.95 bits per heavy atom. The first-order valence-corrected chi connectivity index (χ1v) is 7.29. The van der Waals surface area contributed by atoms with Crippen LogP contribution in [0, 0.1) is 5.92 Å². The molecule has 0 saturated heterocycles. The fraction of sp³-hybridized carbons (Fsp3) is 0.500. The van der Waals surface area contributed by atoms with E-state index in [1.54, 1.807) is 12.6 Å². The number of aryl methyl sites for hydroxylation is 1. The van der Waals surface area contributed by atoms with E-state index < -0.39 is 0 Å². The van der Waals surface area contributed by atoms with Crippen molar-refractivity contribution in [3.63, 3.8) is 0 Å². The van der Waals surface area contributed by atoms with Gasteiger partial charge in [0.25, 0.3) is 0 Å². The van der Waals surface area contributed by atoms with Gasteiger partial charge in [-0.25, -0.2) is 5.48 Å². The zero-order valence-electron chi connectivity index (χ0n) is 12.2. The number of carbonyl (C=O) groups is 2. The summed E-state index contributed by atoms with van der Waals surface area (Å²) in [6, 6.07) is 5.68. The first kappa shape index (κ1) is 15.5. The van der Waals surface area contributed by atoms with E-state index >= 15 is 0 Å². The lowest BCUT2D eigenvalue weighted by molar-refractivity contribution is -0.129. The molecule has 0 bridgehead atoms. The highest BCUT2D eigenvalue weighted by molar-refractivity contribution is 6.00. The monoisotopic (exact) mass is 291 g/mol. The number of hydrogen-bond acceptors (Lipinski definition) is 4. The number of ether oxygens (including phenoxy) is 1. The van der Waals surface area contributed by atoms with E-state index in [0.29, 0.717) is 18.6 Å². The number of ketones is 1. The molecule has 2 rings (SSSR count). The second-order valence-electron chi connectivity index (χ2n) is 5.40. The highest BCUT2D eigenvalue weighted by Gasteiger charge is 2.27. The predicted octanol–water partition coefficient (Wildman–Crippen LogP) is 2.51. The minimum atomic E-state index is -0.375. The summed E-state index contributed by atoms with van der Waals surface area (Å²) < 4.78 is 5.18. The third-order valence-electron chi connectivity index (χ3n) is 4.05. The zero-order chi connectivity index (χ0) is 15.2. The van der Waals surface area contributed by atoms with Crippen LogP contribution in [0.3, 0.4) is 0 Å². The number of carbonyl (C=O) groups excluding carboxylic acids is 2. The van der Waals surface area contributed by atoms with Crippen LogP contribution in [0.4, 0.5) is 0 Å². The van der Waals surface area contributed by atoms with Crippen molar-refractivity contribution in [2.24, 2.45) is 5.92 Å². The molecular formula is C16H21NO4. The molecule has 1 aliphatic rings. The molecule has 1 aromatic carbocycles. The SMILES string of the molecule is COc1ccc2c(c1)C(=O)C(CCCCC(=O)NO)CC2. The van der Waals surface area contributed by atoms with Crippen molar-refractivity contribution in [1.29, 1.82) is 0 Å². The Kier molecular flexibility index (Phi) is 5.33. The molecule has 0 heterocycles. The standard InChI is InChI=1S/C16H21NO4/c1-21-13-9-8-11-6-7-12(16(19)14(11)10-13)4-2-3-5-15(18)17-20/h8-10,12,20H,2-7H2,1H3,(H,17,18). The molecule has 1 aliphatic carbocycles. The lowest BCUT2D eigenvalue weighted by Crippen LogP contribution is -2.23. The van der Waals surface area contributed by atoms with Crippen LogP contribution in [-0.4, -0.2) is 24.0 Å². The number of methoxy groups -OCH3 is 1. The Balaban J connectivity index is 1.92. The summed E-state index contributed by atoms with van der Waals surface area (Å²) in [7, 11) is 1.60. The molecule has 0 aromatic heterocycles. The number of benzene rings is 1. The number of hydrogen-bond donors (Lipinski definition) is 2. The molecule has 0 radical (unpaired) electrons. The van der Waals surface area contributed by atoms with Crippen molar-refractivity contribution < 1.29 is 19.5 Å². The van der Waals surface area contributed by atoms with Crippen LogP contribution in [0.15, 0.2) is 18.2 Å². The number of amides is 1. The van der Waals surface area contributed by atoms with E-state index in [9.17, 15) is 9.59 Å². The molecule has 1 atom stereocenters. The number of nitrogens with one attached hydrogen (secondary N) is 1. The third kappa shape index (κ3) is 3.82. The van der Waals surface area contributed by atoms with Crippen LogP contribution < -0.4 is 10.2 Å². The Morgan fingerprint density at radius 1 is 1.43 bits per heavy atom. The van der Waals surface area contributed by atoms with E-state index in [2.05, 4.69) is 0 Å². The van der Waals surface area contributed by atoms with Gasteiger partial charge < -0.3 is 4.74 Å². The summed E-state index contributed by atoms with van der Waals surface area (Å²) in [5, 5.41) is 8.42. The first-order chi connectivity index (χ1) is 10.2. The maximum absolute atomic E-state index is 12.5. The van der Waals surface area contributed by atoms with Gasteiger partial charge in [-0.1, -0.05) is 12.5 Å². The molecule has 2 N–H and O–H groups in total. The van der Waals surface area contributed by atoms with Gasteiger partial charge in [-0.15, -0.1) is 0 Å². The van der Waals surface area contributed by atoms with Crippen LogP contribution >= 0.6 is 0 Å². The van der Waals surface area contributed by atoms with Crippen molar-refractivity contribution in [3.8, 4) is 5.75 Å².